The second-order valence-corrected chi connectivity index (χ2v) is 11.1. The Morgan fingerprint density at radius 2 is 1.85 bits per heavy atom. The molecule has 0 atom stereocenters. The molecule has 0 amide bonds. The highest BCUT2D eigenvalue weighted by molar-refractivity contribution is 7.89. The van der Waals surface area contributed by atoms with Crippen LogP contribution in [-0.2, 0) is 14.8 Å². The number of ether oxygens (including phenoxy) is 1. The molecular formula is C24H25ClN2O4S2. The molecule has 3 aromatic rings. The van der Waals surface area contributed by atoms with E-state index in [4.69, 9.17) is 16.3 Å². The van der Waals surface area contributed by atoms with Gasteiger partial charge in [-0.3, -0.25) is 0 Å². The third-order valence-corrected chi connectivity index (χ3v) is 8.98. The molecule has 0 spiro atoms. The Bertz CT molecular complexity index is 1220. The fourth-order valence-corrected chi connectivity index (χ4v) is 6.67. The number of sulfonamides is 1. The molecule has 0 bridgehead atoms. The van der Waals surface area contributed by atoms with Crippen LogP contribution in [0.25, 0.3) is 10.4 Å². The summed E-state index contributed by atoms with van der Waals surface area (Å²) in [7, 11) is -3.46. The summed E-state index contributed by atoms with van der Waals surface area (Å²) >= 11 is 7.71. The number of esters is 1. The maximum atomic E-state index is 12.8. The van der Waals surface area contributed by atoms with Crippen LogP contribution in [0.4, 0.5) is 5.69 Å². The predicted octanol–water partition coefficient (Wildman–Crippen LogP) is 5.51. The SMILES string of the molecule is CCOC(=O)c1cc(Cl)c(-c2cccc(NC3CCN(S(=O)(=O)c4ccccc4)CC3)c2)s1. The molecule has 1 aliphatic heterocycles. The first-order valence-electron chi connectivity index (χ1n) is 10.8. The van der Waals surface area contributed by atoms with Gasteiger partial charge in [0.25, 0.3) is 0 Å². The second-order valence-electron chi connectivity index (χ2n) is 7.72. The lowest BCUT2D eigenvalue weighted by Crippen LogP contribution is -2.42. The maximum absolute atomic E-state index is 12.8. The average molecular weight is 505 g/mol. The number of hydrogen-bond acceptors (Lipinski definition) is 6. The zero-order chi connectivity index (χ0) is 23.4. The minimum Gasteiger partial charge on any atom is -0.462 e. The summed E-state index contributed by atoms with van der Waals surface area (Å²) in [5.41, 5.74) is 1.84. The van der Waals surface area contributed by atoms with Crippen molar-refractivity contribution in [1.82, 2.24) is 4.31 Å². The first-order valence-corrected chi connectivity index (χ1v) is 13.4. The summed E-state index contributed by atoms with van der Waals surface area (Å²) in [6.45, 7) is 3.02. The van der Waals surface area contributed by atoms with Crippen LogP contribution in [0.3, 0.4) is 0 Å². The molecule has 6 nitrogen and oxygen atoms in total. The van der Waals surface area contributed by atoms with Crippen LogP contribution in [0.15, 0.2) is 65.6 Å². The first-order chi connectivity index (χ1) is 15.9. The summed E-state index contributed by atoms with van der Waals surface area (Å²) in [6.07, 6.45) is 1.42. The van der Waals surface area contributed by atoms with Crippen LogP contribution >= 0.6 is 22.9 Å². The Hall–Kier alpha value is -2.39. The van der Waals surface area contributed by atoms with Crippen molar-refractivity contribution in [2.45, 2.75) is 30.7 Å². The number of nitrogens with zero attached hydrogens (tertiary/aromatic N) is 1. The molecule has 1 N–H and O–H groups in total. The fraction of sp³-hybridized carbons (Fsp3) is 0.292. The number of carbonyl (C=O) groups is 1. The van der Waals surface area contributed by atoms with Gasteiger partial charge in [-0.05, 0) is 55.7 Å². The summed E-state index contributed by atoms with van der Waals surface area (Å²) in [5.74, 6) is -0.373. The van der Waals surface area contributed by atoms with Gasteiger partial charge in [0, 0.05) is 24.8 Å². The van der Waals surface area contributed by atoms with Gasteiger partial charge in [0.2, 0.25) is 10.0 Å². The Balaban J connectivity index is 1.42. The van der Waals surface area contributed by atoms with Crippen molar-refractivity contribution >= 4 is 44.6 Å². The lowest BCUT2D eigenvalue weighted by molar-refractivity contribution is 0.0532. The number of anilines is 1. The monoisotopic (exact) mass is 504 g/mol. The number of rotatable bonds is 7. The van der Waals surface area contributed by atoms with Crippen molar-refractivity contribution in [2.75, 3.05) is 25.0 Å². The van der Waals surface area contributed by atoms with E-state index in [1.165, 1.54) is 11.3 Å². The Morgan fingerprint density at radius 3 is 2.55 bits per heavy atom. The molecule has 1 fully saturated rings. The van der Waals surface area contributed by atoms with E-state index in [1.54, 1.807) is 41.6 Å². The van der Waals surface area contributed by atoms with Crippen LogP contribution in [-0.4, -0.2) is 44.4 Å². The molecule has 0 saturated carbocycles. The largest absolute Gasteiger partial charge is 0.462 e. The zero-order valence-electron chi connectivity index (χ0n) is 18.2. The predicted molar refractivity (Wildman–Crippen MR) is 133 cm³/mol. The molecule has 0 aliphatic carbocycles. The van der Waals surface area contributed by atoms with E-state index < -0.39 is 10.0 Å². The van der Waals surface area contributed by atoms with Crippen molar-refractivity contribution in [3.8, 4) is 10.4 Å². The lowest BCUT2D eigenvalue weighted by Gasteiger charge is -2.32. The van der Waals surface area contributed by atoms with E-state index in [0.29, 0.717) is 47.3 Å². The number of piperidine rings is 1. The number of nitrogens with one attached hydrogen (secondary N) is 1. The van der Waals surface area contributed by atoms with Gasteiger partial charge < -0.3 is 10.1 Å². The smallest absolute Gasteiger partial charge is 0.348 e. The minimum absolute atomic E-state index is 0.163. The second kappa shape index (κ2) is 10.3. The Morgan fingerprint density at radius 1 is 1.12 bits per heavy atom. The minimum atomic E-state index is -3.46. The van der Waals surface area contributed by atoms with E-state index in [-0.39, 0.29) is 12.0 Å². The number of benzene rings is 2. The molecule has 33 heavy (non-hydrogen) atoms. The lowest BCUT2D eigenvalue weighted by atomic mass is 10.1. The van der Waals surface area contributed by atoms with E-state index in [2.05, 4.69) is 5.32 Å². The van der Waals surface area contributed by atoms with Gasteiger partial charge >= 0.3 is 5.97 Å². The van der Waals surface area contributed by atoms with Gasteiger partial charge in [-0.15, -0.1) is 11.3 Å². The van der Waals surface area contributed by atoms with Gasteiger partial charge in [-0.1, -0.05) is 41.9 Å². The molecule has 2 aromatic carbocycles. The van der Waals surface area contributed by atoms with Crippen molar-refractivity contribution in [2.24, 2.45) is 0 Å². The van der Waals surface area contributed by atoms with Gasteiger partial charge in [0.15, 0.2) is 0 Å². The standard InChI is InChI=1S/C24H25ClN2O4S2/c1-2-31-24(28)22-16-21(25)23(32-22)17-7-6-8-19(15-17)26-18-11-13-27(14-12-18)33(29,30)20-9-4-3-5-10-20/h3-10,15-16,18,26H,2,11-14H2,1H3. The molecule has 1 aliphatic rings. The fourth-order valence-electron chi connectivity index (χ4n) is 3.84. The first kappa shape index (κ1) is 23.8. The molecular weight excluding hydrogens is 480 g/mol. The topological polar surface area (TPSA) is 75.7 Å². The molecule has 174 valence electrons. The third-order valence-electron chi connectivity index (χ3n) is 5.49. The normalized spacial score (nSPS) is 15.3. The molecule has 4 rings (SSSR count). The highest BCUT2D eigenvalue weighted by Crippen LogP contribution is 2.37. The van der Waals surface area contributed by atoms with Gasteiger partial charge in [0.05, 0.1) is 21.4 Å². The highest BCUT2D eigenvalue weighted by atomic mass is 35.5. The number of carbonyl (C=O) groups excluding carboxylic acids is 1. The number of thiophene rings is 1. The average Bonchev–Trinajstić information content (AvgIpc) is 3.22. The van der Waals surface area contributed by atoms with Crippen LogP contribution in [0.5, 0.6) is 0 Å². The summed E-state index contributed by atoms with van der Waals surface area (Å²) in [6, 6.07) is 18.2. The van der Waals surface area contributed by atoms with Crippen LogP contribution in [0.1, 0.15) is 29.4 Å². The summed E-state index contributed by atoms with van der Waals surface area (Å²) < 4.78 is 32.3. The van der Waals surface area contributed by atoms with E-state index in [9.17, 15) is 13.2 Å². The molecule has 9 heteroatoms. The van der Waals surface area contributed by atoms with Crippen molar-refractivity contribution < 1.29 is 17.9 Å². The molecule has 0 radical (unpaired) electrons. The van der Waals surface area contributed by atoms with Crippen molar-refractivity contribution in [1.29, 1.82) is 0 Å². The van der Waals surface area contributed by atoms with Gasteiger partial charge in [-0.25, -0.2) is 13.2 Å². The third kappa shape index (κ3) is 5.41. The Labute approximate surface area is 203 Å². The van der Waals surface area contributed by atoms with E-state index >= 15 is 0 Å². The summed E-state index contributed by atoms with van der Waals surface area (Å²) in [5, 5.41) is 4.03. The van der Waals surface area contributed by atoms with Crippen LogP contribution < -0.4 is 5.32 Å². The van der Waals surface area contributed by atoms with E-state index in [0.717, 1.165) is 16.1 Å². The molecule has 0 unspecified atom stereocenters. The summed E-state index contributed by atoms with van der Waals surface area (Å²) in [4.78, 5) is 13.6. The van der Waals surface area contributed by atoms with Crippen LogP contribution in [0, 0.1) is 0 Å². The van der Waals surface area contributed by atoms with Gasteiger partial charge in [0.1, 0.15) is 4.88 Å². The van der Waals surface area contributed by atoms with E-state index in [1.807, 2.05) is 30.3 Å². The Kier molecular flexibility index (Phi) is 7.38. The van der Waals surface area contributed by atoms with Gasteiger partial charge in [-0.2, -0.15) is 4.31 Å². The molecule has 1 saturated heterocycles. The zero-order valence-corrected chi connectivity index (χ0v) is 20.5. The number of hydrogen-bond donors (Lipinski definition) is 1. The maximum Gasteiger partial charge on any atom is 0.348 e. The number of halogens is 1. The highest BCUT2D eigenvalue weighted by Gasteiger charge is 2.29. The molecule has 2 heterocycles. The van der Waals surface area contributed by atoms with Crippen molar-refractivity contribution in [3.05, 3.63) is 70.6 Å². The quantitative estimate of drug-likeness (QED) is 0.429. The van der Waals surface area contributed by atoms with Crippen LogP contribution in [0.2, 0.25) is 5.02 Å². The van der Waals surface area contributed by atoms with Crippen molar-refractivity contribution in [3.63, 3.8) is 0 Å². The molecule has 1 aromatic heterocycles.